The lowest BCUT2D eigenvalue weighted by Gasteiger charge is -2.62. The maximum atomic E-state index is 12.0. The van der Waals surface area contributed by atoms with Gasteiger partial charge in [-0.25, -0.2) is 0 Å². The van der Waals surface area contributed by atoms with Crippen LogP contribution in [0.5, 0.6) is 0 Å². The minimum atomic E-state index is -1.79. The first-order valence-corrected chi connectivity index (χ1v) is 25.5. The summed E-state index contributed by atoms with van der Waals surface area (Å²) < 4.78 is 19.7. The number of hydrogen-bond acceptors (Lipinski definition) is 4. The Morgan fingerprint density at radius 3 is 2.08 bits per heavy atom. The summed E-state index contributed by atoms with van der Waals surface area (Å²) in [7, 11) is -5.02. The molecule has 4 aliphatic carbocycles. The Morgan fingerprint density at radius 2 is 1.49 bits per heavy atom. The van der Waals surface area contributed by atoms with Gasteiger partial charge in [-0.15, -0.1) is 0 Å². The molecular formula is C30H58O4Si3. The Balaban J connectivity index is 1.58. The molecule has 0 saturated heterocycles. The zero-order valence-electron chi connectivity index (χ0n) is 25.9. The Kier molecular flexibility index (Phi) is 8.14. The van der Waals surface area contributed by atoms with E-state index in [1.54, 1.807) is 0 Å². The van der Waals surface area contributed by atoms with Crippen molar-refractivity contribution in [2.45, 2.75) is 136 Å². The first-order valence-electron chi connectivity index (χ1n) is 15.3. The molecule has 0 aromatic heterocycles. The Bertz CT molecular complexity index is 856. The summed E-state index contributed by atoms with van der Waals surface area (Å²) in [5.74, 6) is 3.85. The number of aliphatic hydroxyl groups is 1. The van der Waals surface area contributed by atoms with Crippen LogP contribution in [-0.2, 0) is 13.3 Å². The molecule has 4 rings (SSSR count). The molecule has 9 unspecified atom stereocenters. The van der Waals surface area contributed by atoms with Crippen LogP contribution < -0.4 is 0 Å². The van der Waals surface area contributed by atoms with E-state index >= 15 is 0 Å². The SMILES string of the molecule is CC12CC(O)C3C(CCC4CC(O[Si](C)(C)C)CCC43C)C1CCC2/C(=C/O[Si](C)(C)C)O[Si](C)(C)C. The van der Waals surface area contributed by atoms with Gasteiger partial charge < -0.3 is 18.4 Å². The zero-order chi connectivity index (χ0) is 27.6. The molecule has 0 bridgehead atoms. The Morgan fingerprint density at radius 1 is 0.811 bits per heavy atom. The van der Waals surface area contributed by atoms with Crippen LogP contribution >= 0.6 is 0 Å². The van der Waals surface area contributed by atoms with E-state index in [-0.39, 0.29) is 16.9 Å². The highest BCUT2D eigenvalue weighted by molar-refractivity contribution is 6.70. The quantitative estimate of drug-likeness (QED) is 0.248. The third kappa shape index (κ3) is 6.31. The summed E-state index contributed by atoms with van der Waals surface area (Å²) in [6.45, 7) is 25.6. The fourth-order valence-corrected chi connectivity index (χ4v) is 11.8. The van der Waals surface area contributed by atoms with E-state index in [0.29, 0.717) is 35.7 Å². The van der Waals surface area contributed by atoms with Crippen LogP contribution in [0.15, 0.2) is 12.0 Å². The number of rotatable bonds is 7. The van der Waals surface area contributed by atoms with Gasteiger partial charge in [-0.2, -0.15) is 0 Å². The van der Waals surface area contributed by atoms with Crippen LogP contribution in [0.4, 0.5) is 0 Å². The number of fused-ring (bicyclic) bond motifs is 5. The third-order valence-corrected chi connectivity index (χ3v) is 13.1. The molecule has 4 aliphatic rings. The smallest absolute Gasteiger partial charge is 0.241 e. The molecule has 0 spiro atoms. The molecule has 4 nitrogen and oxygen atoms in total. The van der Waals surface area contributed by atoms with Gasteiger partial charge in [0, 0.05) is 12.0 Å². The summed E-state index contributed by atoms with van der Waals surface area (Å²) in [5.41, 5.74) is 0.325. The van der Waals surface area contributed by atoms with Crippen molar-refractivity contribution < 1.29 is 18.4 Å². The summed E-state index contributed by atoms with van der Waals surface area (Å²) in [6.07, 6.45) is 11.7. The standard InChI is InChI=1S/C30H58O4Si3/c1-29-17-16-22(33-36(6,7)8)18-21(29)12-13-23-24-14-15-25(30(24,2)19-26(31)28(23)29)27(34-37(9,10)11)20-32-35(3,4)5/h20-26,28,31H,12-19H2,1-11H3/b27-20-. The summed E-state index contributed by atoms with van der Waals surface area (Å²) in [4.78, 5) is 0. The minimum Gasteiger partial charge on any atom is -0.547 e. The maximum Gasteiger partial charge on any atom is 0.241 e. The lowest BCUT2D eigenvalue weighted by molar-refractivity contribution is -0.175. The summed E-state index contributed by atoms with van der Waals surface area (Å²) in [5, 5.41) is 12.0. The second kappa shape index (κ2) is 10.1. The normalized spacial score (nSPS) is 43.0. The average molecular weight is 567 g/mol. The molecule has 0 radical (unpaired) electrons. The molecule has 37 heavy (non-hydrogen) atoms. The van der Waals surface area contributed by atoms with Crippen molar-refractivity contribution in [1.82, 2.24) is 0 Å². The van der Waals surface area contributed by atoms with Crippen LogP contribution in [-0.4, -0.2) is 42.3 Å². The van der Waals surface area contributed by atoms with Gasteiger partial charge in [-0.1, -0.05) is 13.8 Å². The van der Waals surface area contributed by atoms with Crippen molar-refractivity contribution >= 4 is 25.0 Å². The van der Waals surface area contributed by atoms with Crippen LogP contribution in [0.25, 0.3) is 0 Å². The lowest BCUT2D eigenvalue weighted by atomic mass is 9.44. The molecule has 4 fully saturated rings. The Labute approximate surface area is 231 Å². The Hall–Kier alpha value is -0.0894. The lowest BCUT2D eigenvalue weighted by Crippen LogP contribution is -2.59. The van der Waals surface area contributed by atoms with Crippen molar-refractivity contribution in [3.63, 3.8) is 0 Å². The predicted molar refractivity (Wildman–Crippen MR) is 162 cm³/mol. The second-order valence-corrected chi connectivity index (χ2v) is 29.9. The average Bonchev–Trinajstić information content (AvgIpc) is 3.05. The van der Waals surface area contributed by atoms with E-state index in [2.05, 4.69) is 72.8 Å². The molecule has 1 N–H and O–H groups in total. The van der Waals surface area contributed by atoms with E-state index in [0.717, 1.165) is 18.6 Å². The van der Waals surface area contributed by atoms with Gasteiger partial charge in [0.1, 0.15) is 12.0 Å². The van der Waals surface area contributed by atoms with Crippen LogP contribution in [0, 0.1) is 40.4 Å². The largest absolute Gasteiger partial charge is 0.547 e. The van der Waals surface area contributed by atoms with E-state index in [1.807, 2.05) is 6.26 Å². The molecule has 7 heteroatoms. The fourth-order valence-electron chi connectivity index (χ4n) is 9.18. The first kappa shape index (κ1) is 29.9. The van der Waals surface area contributed by atoms with Crippen molar-refractivity contribution in [2.24, 2.45) is 40.4 Å². The maximum absolute atomic E-state index is 12.0. The van der Waals surface area contributed by atoms with Crippen molar-refractivity contribution in [3.05, 3.63) is 12.0 Å². The second-order valence-electron chi connectivity index (χ2n) is 16.6. The van der Waals surface area contributed by atoms with Crippen molar-refractivity contribution in [2.75, 3.05) is 0 Å². The van der Waals surface area contributed by atoms with Gasteiger partial charge in [0.15, 0.2) is 8.32 Å². The molecule has 214 valence electrons. The predicted octanol–water partition coefficient (Wildman–Crippen LogP) is 8.38. The highest BCUT2D eigenvalue weighted by Gasteiger charge is 2.64. The van der Waals surface area contributed by atoms with Gasteiger partial charge in [-0.3, -0.25) is 0 Å². The molecule has 9 atom stereocenters. The molecule has 0 aromatic carbocycles. The molecule has 0 aliphatic heterocycles. The highest BCUT2D eigenvalue weighted by Crippen LogP contribution is 2.68. The van der Waals surface area contributed by atoms with Gasteiger partial charge in [0.05, 0.1) is 6.10 Å². The van der Waals surface area contributed by atoms with Crippen molar-refractivity contribution in [1.29, 1.82) is 0 Å². The first-order chi connectivity index (χ1) is 16.8. The van der Waals surface area contributed by atoms with E-state index < -0.39 is 25.0 Å². The highest BCUT2D eigenvalue weighted by atomic mass is 28.4. The number of allylic oxidation sites excluding steroid dienone is 1. The molecular weight excluding hydrogens is 509 g/mol. The third-order valence-electron chi connectivity index (χ3n) is 10.4. The topological polar surface area (TPSA) is 47.9 Å². The van der Waals surface area contributed by atoms with Crippen LogP contribution in [0.3, 0.4) is 0 Å². The monoisotopic (exact) mass is 566 g/mol. The fraction of sp³-hybridized carbons (Fsp3) is 0.933. The van der Waals surface area contributed by atoms with Crippen molar-refractivity contribution in [3.8, 4) is 0 Å². The zero-order valence-corrected chi connectivity index (χ0v) is 28.9. The summed E-state index contributed by atoms with van der Waals surface area (Å²) in [6, 6.07) is 0. The summed E-state index contributed by atoms with van der Waals surface area (Å²) >= 11 is 0. The molecule has 0 amide bonds. The van der Waals surface area contributed by atoms with Gasteiger partial charge >= 0.3 is 0 Å². The minimum absolute atomic E-state index is 0.0796. The van der Waals surface area contributed by atoms with Crippen LogP contribution in [0.1, 0.15) is 65.2 Å². The van der Waals surface area contributed by atoms with Gasteiger partial charge in [-0.05, 0) is 145 Å². The number of aliphatic hydroxyl groups excluding tert-OH is 1. The van der Waals surface area contributed by atoms with Gasteiger partial charge in [0.25, 0.3) is 0 Å². The number of hydrogen-bond donors (Lipinski definition) is 1. The molecule has 0 heterocycles. The van der Waals surface area contributed by atoms with Crippen LogP contribution in [0.2, 0.25) is 58.9 Å². The molecule has 4 saturated carbocycles. The van der Waals surface area contributed by atoms with E-state index in [9.17, 15) is 5.11 Å². The van der Waals surface area contributed by atoms with E-state index in [4.69, 9.17) is 13.3 Å². The van der Waals surface area contributed by atoms with E-state index in [1.165, 1.54) is 38.5 Å². The molecule has 0 aromatic rings. The van der Waals surface area contributed by atoms with Gasteiger partial charge in [0.2, 0.25) is 16.6 Å².